The zero-order valence-corrected chi connectivity index (χ0v) is 15.0. The first-order valence-electron chi connectivity index (χ1n) is 8.12. The van der Waals surface area contributed by atoms with Crippen molar-refractivity contribution in [3.63, 3.8) is 0 Å². The predicted octanol–water partition coefficient (Wildman–Crippen LogP) is 4.25. The van der Waals surface area contributed by atoms with Gasteiger partial charge in [0.1, 0.15) is 0 Å². The van der Waals surface area contributed by atoms with E-state index in [1.165, 1.54) is 0 Å². The Kier molecular flexibility index (Phi) is 6.41. The molecule has 0 aliphatic carbocycles. The van der Waals surface area contributed by atoms with Crippen LogP contribution in [0.2, 0.25) is 5.02 Å². The first-order chi connectivity index (χ1) is 11.4. The molecular formula is C20H24ClNO2. The first kappa shape index (κ1) is 18.5. The molecule has 0 heterocycles. The van der Waals surface area contributed by atoms with Gasteiger partial charge in [0.15, 0.2) is 0 Å². The third kappa shape index (κ3) is 4.59. The molecule has 0 aliphatic heterocycles. The molecule has 24 heavy (non-hydrogen) atoms. The van der Waals surface area contributed by atoms with Gasteiger partial charge in [-0.2, -0.15) is 0 Å². The Bertz CT molecular complexity index is 655. The van der Waals surface area contributed by atoms with Crippen LogP contribution in [-0.4, -0.2) is 36.6 Å². The summed E-state index contributed by atoms with van der Waals surface area (Å²) in [6.45, 7) is 0.712. The van der Waals surface area contributed by atoms with E-state index in [-0.39, 0.29) is 0 Å². The van der Waals surface area contributed by atoms with E-state index in [9.17, 15) is 9.90 Å². The fourth-order valence-corrected chi connectivity index (χ4v) is 3.06. The summed E-state index contributed by atoms with van der Waals surface area (Å²) in [4.78, 5) is 14.3. The second-order valence-electron chi connectivity index (χ2n) is 6.43. The van der Waals surface area contributed by atoms with Crippen LogP contribution in [0.15, 0.2) is 54.6 Å². The normalized spacial score (nSPS) is 13.7. The summed E-state index contributed by atoms with van der Waals surface area (Å²) in [6, 6.07) is 17.3. The fourth-order valence-electron chi connectivity index (χ4n) is 2.94. The van der Waals surface area contributed by atoms with Gasteiger partial charge in [-0.05, 0) is 63.2 Å². The molecule has 2 aromatic rings. The summed E-state index contributed by atoms with van der Waals surface area (Å²) >= 11 is 5.99. The van der Waals surface area contributed by atoms with Crippen LogP contribution in [0, 0.1) is 0 Å². The van der Waals surface area contributed by atoms with Crippen molar-refractivity contribution >= 4 is 17.6 Å². The summed E-state index contributed by atoms with van der Waals surface area (Å²) in [5.74, 6) is -0.775. The number of benzene rings is 2. The SMILES string of the molecule is CN(C)CCC(CCc1ccccc1)(C(=O)O)c1ccc(Cl)cc1. The van der Waals surface area contributed by atoms with Crippen LogP contribution in [-0.2, 0) is 16.6 Å². The number of halogens is 1. The van der Waals surface area contributed by atoms with Crippen molar-refractivity contribution in [1.29, 1.82) is 0 Å². The molecular weight excluding hydrogens is 322 g/mol. The third-order valence-corrected chi connectivity index (χ3v) is 4.73. The second-order valence-corrected chi connectivity index (χ2v) is 6.87. The average Bonchev–Trinajstić information content (AvgIpc) is 2.57. The molecule has 0 spiro atoms. The smallest absolute Gasteiger partial charge is 0.314 e. The van der Waals surface area contributed by atoms with E-state index in [0.29, 0.717) is 24.4 Å². The number of aliphatic carboxylic acids is 1. The fraction of sp³-hybridized carbons (Fsp3) is 0.350. The number of hydrogen-bond acceptors (Lipinski definition) is 2. The van der Waals surface area contributed by atoms with E-state index in [0.717, 1.165) is 17.5 Å². The Balaban J connectivity index is 2.33. The van der Waals surface area contributed by atoms with Crippen molar-refractivity contribution in [2.45, 2.75) is 24.7 Å². The number of aryl methyl sites for hydroxylation is 1. The molecule has 0 saturated carbocycles. The molecule has 0 aromatic heterocycles. The Hall–Kier alpha value is -1.84. The summed E-state index contributed by atoms with van der Waals surface area (Å²) in [5.41, 5.74) is 1.06. The minimum Gasteiger partial charge on any atom is -0.481 e. The van der Waals surface area contributed by atoms with Crippen LogP contribution < -0.4 is 0 Å². The molecule has 128 valence electrons. The van der Waals surface area contributed by atoms with Gasteiger partial charge in [-0.25, -0.2) is 0 Å². The van der Waals surface area contributed by atoms with Crippen LogP contribution in [0.3, 0.4) is 0 Å². The number of hydrogen-bond donors (Lipinski definition) is 1. The summed E-state index contributed by atoms with van der Waals surface area (Å²) in [7, 11) is 3.93. The molecule has 2 rings (SSSR count). The molecule has 0 radical (unpaired) electrons. The number of carboxylic acids is 1. The number of carbonyl (C=O) groups is 1. The maximum atomic E-state index is 12.3. The van der Waals surface area contributed by atoms with E-state index < -0.39 is 11.4 Å². The topological polar surface area (TPSA) is 40.5 Å². The molecule has 0 aliphatic rings. The molecule has 1 N–H and O–H groups in total. The lowest BCUT2D eigenvalue weighted by Crippen LogP contribution is -2.39. The lowest BCUT2D eigenvalue weighted by Gasteiger charge is -2.31. The molecule has 4 heteroatoms. The molecule has 0 fully saturated rings. The maximum Gasteiger partial charge on any atom is 0.314 e. The highest BCUT2D eigenvalue weighted by Gasteiger charge is 2.39. The van der Waals surface area contributed by atoms with Gasteiger partial charge in [-0.3, -0.25) is 4.79 Å². The lowest BCUT2D eigenvalue weighted by molar-refractivity contribution is -0.144. The Morgan fingerprint density at radius 1 is 1.04 bits per heavy atom. The van der Waals surface area contributed by atoms with Gasteiger partial charge < -0.3 is 10.0 Å². The van der Waals surface area contributed by atoms with Gasteiger partial charge in [0, 0.05) is 5.02 Å². The van der Waals surface area contributed by atoms with Crippen molar-refractivity contribution in [2.75, 3.05) is 20.6 Å². The highest BCUT2D eigenvalue weighted by Crippen LogP contribution is 2.34. The highest BCUT2D eigenvalue weighted by atomic mass is 35.5. The van der Waals surface area contributed by atoms with Crippen molar-refractivity contribution < 1.29 is 9.90 Å². The lowest BCUT2D eigenvalue weighted by atomic mass is 9.73. The predicted molar refractivity (Wildman–Crippen MR) is 98.7 cm³/mol. The molecule has 0 saturated heterocycles. The van der Waals surface area contributed by atoms with Crippen molar-refractivity contribution in [3.05, 3.63) is 70.7 Å². The summed E-state index contributed by atoms with van der Waals surface area (Å²) < 4.78 is 0. The second kappa shape index (κ2) is 8.32. The Morgan fingerprint density at radius 2 is 1.67 bits per heavy atom. The number of carboxylic acid groups (broad SMARTS) is 1. The van der Waals surface area contributed by atoms with Crippen LogP contribution in [0.4, 0.5) is 0 Å². The molecule has 1 atom stereocenters. The first-order valence-corrected chi connectivity index (χ1v) is 8.50. The third-order valence-electron chi connectivity index (χ3n) is 4.48. The largest absolute Gasteiger partial charge is 0.481 e. The van der Waals surface area contributed by atoms with Gasteiger partial charge in [0.2, 0.25) is 0 Å². The highest BCUT2D eigenvalue weighted by molar-refractivity contribution is 6.30. The Labute approximate surface area is 148 Å². The Morgan fingerprint density at radius 3 is 2.21 bits per heavy atom. The summed E-state index contributed by atoms with van der Waals surface area (Å²) in [5, 5.41) is 10.7. The van der Waals surface area contributed by atoms with Crippen LogP contribution >= 0.6 is 11.6 Å². The molecule has 0 amide bonds. The standard InChI is InChI=1S/C20H24ClNO2/c1-22(2)15-14-20(19(23)24,17-8-10-18(21)11-9-17)13-12-16-6-4-3-5-7-16/h3-11H,12-15H2,1-2H3,(H,23,24). The van der Waals surface area contributed by atoms with Crippen LogP contribution in [0.25, 0.3) is 0 Å². The minimum absolute atomic E-state index is 0.557. The molecule has 2 aromatic carbocycles. The quantitative estimate of drug-likeness (QED) is 0.777. The van der Waals surface area contributed by atoms with Gasteiger partial charge in [0.25, 0.3) is 0 Å². The number of nitrogens with zero attached hydrogens (tertiary/aromatic N) is 1. The summed E-state index contributed by atoms with van der Waals surface area (Å²) in [6.07, 6.45) is 1.84. The zero-order chi connectivity index (χ0) is 17.6. The number of rotatable bonds is 8. The van der Waals surface area contributed by atoms with Gasteiger partial charge in [-0.15, -0.1) is 0 Å². The van der Waals surface area contributed by atoms with E-state index >= 15 is 0 Å². The maximum absolute atomic E-state index is 12.3. The van der Waals surface area contributed by atoms with Crippen LogP contribution in [0.5, 0.6) is 0 Å². The van der Waals surface area contributed by atoms with Gasteiger partial charge >= 0.3 is 5.97 Å². The minimum atomic E-state index is -0.912. The molecule has 3 nitrogen and oxygen atoms in total. The van der Waals surface area contributed by atoms with E-state index in [1.54, 1.807) is 12.1 Å². The molecule has 0 bridgehead atoms. The van der Waals surface area contributed by atoms with E-state index in [1.807, 2.05) is 61.5 Å². The molecule has 1 unspecified atom stereocenters. The van der Waals surface area contributed by atoms with Crippen LogP contribution in [0.1, 0.15) is 24.0 Å². The van der Waals surface area contributed by atoms with E-state index in [2.05, 4.69) is 0 Å². The van der Waals surface area contributed by atoms with Gasteiger partial charge in [-0.1, -0.05) is 54.1 Å². The van der Waals surface area contributed by atoms with E-state index in [4.69, 9.17) is 11.6 Å². The van der Waals surface area contributed by atoms with Crippen molar-refractivity contribution in [1.82, 2.24) is 4.90 Å². The zero-order valence-electron chi connectivity index (χ0n) is 14.2. The van der Waals surface area contributed by atoms with Crippen molar-refractivity contribution in [3.8, 4) is 0 Å². The van der Waals surface area contributed by atoms with Gasteiger partial charge in [0.05, 0.1) is 5.41 Å². The average molecular weight is 346 g/mol. The monoisotopic (exact) mass is 345 g/mol. The van der Waals surface area contributed by atoms with Crippen molar-refractivity contribution in [2.24, 2.45) is 0 Å².